The zero-order valence-electron chi connectivity index (χ0n) is 9.28. The van der Waals surface area contributed by atoms with E-state index < -0.39 is 5.97 Å². The van der Waals surface area contributed by atoms with Gasteiger partial charge in [0.25, 0.3) is 0 Å². The summed E-state index contributed by atoms with van der Waals surface area (Å²) in [7, 11) is 0. The molecule has 0 saturated heterocycles. The van der Waals surface area contributed by atoms with Crippen molar-refractivity contribution in [1.82, 2.24) is 0 Å². The number of esters is 1. The van der Waals surface area contributed by atoms with Gasteiger partial charge < -0.3 is 9.84 Å². The summed E-state index contributed by atoms with van der Waals surface area (Å²) in [5.41, 5.74) is 0.0221. The molecule has 0 aliphatic rings. The van der Waals surface area contributed by atoms with E-state index in [-0.39, 0.29) is 31.0 Å². The van der Waals surface area contributed by atoms with Crippen molar-refractivity contribution < 1.29 is 38.9 Å². The van der Waals surface area contributed by atoms with Crippen LogP contribution in [0.15, 0.2) is 11.8 Å². The van der Waals surface area contributed by atoms with Crippen LogP contribution < -0.4 is 0 Å². The molecule has 0 rings (SSSR count). The number of rotatable bonds is 6. The number of unbranched alkanes of at least 4 members (excludes halogenated alkanes) is 2. The maximum Gasteiger partial charge on any atom is 0.334 e. The summed E-state index contributed by atoms with van der Waals surface area (Å²) >= 11 is 0. The maximum atomic E-state index is 11.0. The van der Waals surface area contributed by atoms with E-state index in [1.807, 2.05) is 6.92 Å². The Bertz CT molecular complexity index is 236. The Morgan fingerprint density at radius 2 is 1.93 bits per heavy atom. The van der Waals surface area contributed by atoms with Crippen LogP contribution in [0, 0.1) is 0 Å². The van der Waals surface area contributed by atoms with Crippen molar-refractivity contribution in [1.29, 1.82) is 0 Å². The van der Waals surface area contributed by atoms with Crippen LogP contribution in [0.4, 0.5) is 0 Å². The van der Waals surface area contributed by atoms with Crippen LogP contribution in [0.25, 0.3) is 0 Å². The van der Waals surface area contributed by atoms with E-state index in [0.717, 1.165) is 25.5 Å². The Balaban J connectivity index is 0. The molecule has 0 heterocycles. The fourth-order valence-electron chi connectivity index (χ4n) is 0.783. The summed E-state index contributed by atoms with van der Waals surface area (Å²) in [6.07, 6.45) is 4.14. The van der Waals surface area contributed by atoms with E-state index in [0.29, 0.717) is 6.42 Å². The summed E-state index contributed by atoms with van der Waals surface area (Å²) in [5.74, 6) is -1.45. The zero-order chi connectivity index (χ0) is 11.0. The predicted octanol–water partition coefficient (Wildman–Crippen LogP) is 2.10. The SMILES string of the molecule is CCCCCC(=O)OC=C(C)C(=O)O.[Zn]. The van der Waals surface area contributed by atoms with E-state index in [1.54, 1.807) is 0 Å². The van der Waals surface area contributed by atoms with Crippen molar-refractivity contribution in [2.45, 2.75) is 39.5 Å². The molecule has 0 fully saturated rings. The first-order chi connectivity index (χ1) is 6.57. The molecule has 4 nitrogen and oxygen atoms in total. The molecule has 15 heavy (non-hydrogen) atoms. The van der Waals surface area contributed by atoms with Crippen molar-refractivity contribution in [2.75, 3.05) is 0 Å². The Morgan fingerprint density at radius 3 is 2.40 bits per heavy atom. The minimum atomic E-state index is -1.08. The molecule has 0 aromatic heterocycles. The summed E-state index contributed by atoms with van der Waals surface area (Å²) in [6, 6.07) is 0. The van der Waals surface area contributed by atoms with Crippen molar-refractivity contribution in [2.24, 2.45) is 0 Å². The average Bonchev–Trinajstić information content (AvgIpc) is 2.14. The molecule has 0 spiro atoms. The largest absolute Gasteiger partial charge is 0.478 e. The van der Waals surface area contributed by atoms with E-state index in [9.17, 15) is 9.59 Å². The molecule has 0 aromatic rings. The number of carboxylic acid groups (broad SMARTS) is 1. The fraction of sp³-hybridized carbons (Fsp3) is 0.600. The first-order valence-electron chi connectivity index (χ1n) is 4.67. The molecular weight excluding hydrogens is 249 g/mol. The molecule has 0 aromatic carbocycles. The van der Waals surface area contributed by atoms with E-state index >= 15 is 0 Å². The van der Waals surface area contributed by atoms with Gasteiger partial charge in [-0.15, -0.1) is 0 Å². The van der Waals surface area contributed by atoms with Crippen LogP contribution in [-0.4, -0.2) is 17.0 Å². The average molecular weight is 266 g/mol. The monoisotopic (exact) mass is 264 g/mol. The molecule has 0 atom stereocenters. The quantitative estimate of drug-likeness (QED) is 0.263. The number of hydrogen-bond donors (Lipinski definition) is 1. The van der Waals surface area contributed by atoms with Crippen molar-refractivity contribution in [3.8, 4) is 0 Å². The molecule has 82 valence electrons. The Kier molecular flexibility index (Phi) is 11.0. The van der Waals surface area contributed by atoms with Crippen LogP contribution in [0.2, 0.25) is 0 Å². The molecule has 0 bridgehead atoms. The normalized spacial score (nSPS) is 10.4. The number of aliphatic carboxylic acids is 1. The van der Waals surface area contributed by atoms with Gasteiger partial charge in [0.2, 0.25) is 0 Å². The molecular formula is C10H16O4Zn. The second-order valence-corrected chi connectivity index (χ2v) is 3.05. The van der Waals surface area contributed by atoms with E-state index in [4.69, 9.17) is 5.11 Å². The molecule has 0 radical (unpaired) electrons. The van der Waals surface area contributed by atoms with Gasteiger partial charge in [0.1, 0.15) is 6.26 Å². The summed E-state index contributed by atoms with van der Waals surface area (Å²) in [5, 5.41) is 8.45. The molecule has 0 aliphatic heterocycles. The smallest absolute Gasteiger partial charge is 0.334 e. The standard InChI is InChI=1S/C10H16O4.Zn/c1-3-4-5-6-9(11)14-7-8(2)10(12)13;/h7H,3-6H2,1-2H3,(H,12,13);. The van der Waals surface area contributed by atoms with Gasteiger partial charge in [-0.05, 0) is 13.3 Å². The number of carbonyl (C=O) groups excluding carboxylic acids is 1. The molecule has 0 amide bonds. The Hall–Kier alpha value is -0.697. The van der Waals surface area contributed by atoms with E-state index in [2.05, 4.69) is 4.74 Å². The second kappa shape index (κ2) is 9.84. The summed E-state index contributed by atoms with van der Waals surface area (Å²) in [4.78, 5) is 21.3. The zero-order valence-corrected chi connectivity index (χ0v) is 12.3. The van der Waals surface area contributed by atoms with Crippen molar-refractivity contribution in [3.63, 3.8) is 0 Å². The fourth-order valence-corrected chi connectivity index (χ4v) is 0.783. The van der Waals surface area contributed by atoms with Crippen molar-refractivity contribution in [3.05, 3.63) is 11.8 Å². The summed E-state index contributed by atoms with van der Waals surface area (Å²) in [6.45, 7) is 3.42. The number of hydrogen-bond acceptors (Lipinski definition) is 3. The molecule has 1 N–H and O–H groups in total. The molecule has 0 saturated carbocycles. The Labute approximate surface area is 102 Å². The van der Waals surface area contributed by atoms with Gasteiger partial charge in [-0.1, -0.05) is 19.8 Å². The maximum absolute atomic E-state index is 11.0. The van der Waals surface area contributed by atoms with Crippen LogP contribution in [-0.2, 0) is 33.8 Å². The number of ether oxygens (including phenoxy) is 1. The first kappa shape index (κ1) is 16.7. The Morgan fingerprint density at radius 1 is 1.33 bits per heavy atom. The minimum Gasteiger partial charge on any atom is -0.478 e. The third kappa shape index (κ3) is 9.60. The van der Waals surface area contributed by atoms with Crippen LogP contribution >= 0.6 is 0 Å². The third-order valence-electron chi connectivity index (χ3n) is 1.69. The molecule has 5 heteroatoms. The van der Waals surface area contributed by atoms with Crippen LogP contribution in [0.3, 0.4) is 0 Å². The molecule has 0 unspecified atom stereocenters. The minimum absolute atomic E-state index is 0. The van der Waals surface area contributed by atoms with Crippen LogP contribution in [0.1, 0.15) is 39.5 Å². The van der Waals surface area contributed by atoms with Crippen LogP contribution in [0.5, 0.6) is 0 Å². The van der Waals surface area contributed by atoms with E-state index in [1.165, 1.54) is 6.92 Å². The van der Waals surface area contributed by atoms with Crippen molar-refractivity contribution >= 4 is 11.9 Å². The van der Waals surface area contributed by atoms with Gasteiger partial charge in [-0.3, -0.25) is 4.79 Å². The number of carbonyl (C=O) groups is 2. The van der Waals surface area contributed by atoms with Gasteiger partial charge in [0, 0.05) is 25.9 Å². The topological polar surface area (TPSA) is 63.6 Å². The van der Waals surface area contributed by atoms with Gasteiger partial charge in [0.05, 0.1) is 5.57 Å². The third-order valence-corrected chi connectivity index (χ3v) is 1.69. The predicted molar refractivity (Wildman–Crippen MR) is 51.6 cm³/mol. The summed E-state index contributed by atoms with van der Waals surface area (Å²) < 4.78 is 4.63. The second-order valence-electron chi connectivity index (χ2n) is 3.05. The van der Waals surface area contributed by atoms with Gasteiger partial charge in [0.15, 0.2) is 0 Å². The van der Waals surface area contributed by atoms with Gasteiger partial charge in [-0.2, -0.15) is 0 Å². The van der Waals surface area contributed by atoms with Gasteiger partial charge in [-0.25, -0.2) is 4.79 Å². The number of carboxylic acids is 1. The molecule has 0 aliphatic carbocycles. The van der Waals surface area contributed by atoms with Gasteiger partial charge >= 0.3 is 11.9 Å². The first-order valence-corrected chi connectivity index (χ1v) is 4.67.